The van der Waals surface area contributed by atoms with Crippen molar-refractivity contribution in [3.8, 4) is 0 Å². The summed E-state index contributed by atoms with van der Waals surface area (Å²) in [5.74, 6) is 0. The molecule has 2 aromatic carbocycles. The Bertz CT molecular complexity index is 733. The van der Waals surface area contributed by atoms with Crippen molar-refractivity contribution >= 4 is 10.8 Å². The molecular weight excluding hydrogens is 296 g/mol. The summed E-state index contributed by atoms with van der Waals surface area (Å²) in [5, 5.41) is 2.89. The van der Waals surface area contributed by atoms with Gasteiger partial charge in [-0.3, -0.25) is 0 Å². The molecule has 0 atom stereocenters. The Balaban J connectivity index is 1.83. The molecule has 0 fully saturated rings. The molecule has 0 aromatic heterocycles. The van der Waals surface area contributed by atoms with Gasteiger partial charge in [0.25, 0.3) is 0 Å². The van der Waals surface area contributed by atoms with E-state index >= 15 is 0 Å². The van der Waals surface area contributed by atoms with E-state index < -0.39 is 0 Å². The zero-order chi connectivity index (χ0) is 16.4. The van der Waals surface area contributed by atoms with Crippen LogP contribution in [0.5, 0.6) is 0 Å². The molecule has 0 radical (unpaired) electrons. The maximum absolute atomic E-state index is 5.72. The lowest BCUT2D eigenvalue weighted by Crippen LogP contribution is -2.09. The van der Waals surface area contributed by atoms with E-state index in [0.717, 1.165) is 71.4 Å². The van der Waals surface area contributed by atoms with Gasteiger partial charge in [-0.1, -0.05) is 18.2 Å². The van der Waals surface area contributed by atoms with Crippen LogP contribution in [0.25, 0.3) is 10.8 Å². The van der Waals surface area contributed by atoms with Crippen LogP contribution in [0, 0.1) is 6.92 Å². The third kappa shape index (κ3) is 3.22. The third-order valence-corrected chi connectivity index (χ3v) is 5.65. The number of aryl methyl sites for hydroxylation is 3. The molecule has 2 heteroatoms. The molecule has 0 amide bonds. The lowest BCUT2D eigenvalue weighted by Gasteiger charge is -2.19. The van der Waals surface area contributed by atoms with E-state index in [1.165, 1.54) is 27.5 Å². The van der Waals surface area contributed by atoms with Gasteiger partial charge in [-0.15, -0.1) is 0 Å². The number of fused-ring (bicyclic) bond motifs is 3. The Labute approximate surface area is 145 Å². The van der Waals surface area contributed by atoms with Gasteiger partial charge in [-0.25, -0.2) is 0 Å². The van der Waals surface area contributed by atoms with E-state index in [9.17, 15) is 0 Å². The van der Waals surface area contributed by atoms with E-state index in [1.54, 1.807) is 11.1 Å². The highest BCUT2D eigenvalue weighted by Crippen LogP contribution is 2.31. The van der Waals surface area contributed by atoms with Crippen LogP contribution in [-0.2, 0) is 35.2 Å². The van der Waals surface area contributed by atoms with Crippen molar-refractivity contribution in [3.63, 3.8) is 0 Å². The first-order valence-electron chi connectivity index (χ1n) is 9.55. The fraction of sp³-hybridized carbons (Fsp3) is 0.545. The molecule has 0 unspecified atom stereocenters. The molecule has 128 valence electrons. The van der Waals surface area contributed by atoms with Crippen LogP contribution in [-0.4, -0.2) is 26.4 Å². The van der Waals surface area contributed by atoms with Gasteiger partial charge in [-0.05, 0) is 90.5 Å². The number of hydrogen-bond acceptors (Lipinski definition) is 2. The van der Waals surface area contributed by atoms with Crippen LogP contribution in [0.1, 0.15) is 47.1 Å². The lowest BCUT2D eigenvalue weighted by molar-refractivity contribution is 0.131. The van der Waals surface area contributed by atoms with E-state index in [1.807, 2.05) is 0 Å². The van der Waals surface area contributed by atoms with Crippen LogP contribution in [0.2, 0.25) is 0 Å². The molecule has 0 aliphatic carbocycles. The largest absolute Gasteiger partial charge is 0.381 e. The van der Waals surface area contributed by atoms with Gasteiger partial charge in [0, 0.05) is 19.8 Å². The Morgan fingerprint density at radius 2 is 1.29 bits per heavy atom. The van der Waals surface area contributed by atoms with Gasteiger partial charge < -0.3 is 9.47 Å². The number of rotatable bonds is 0. The summed E-state index contributed by atoms with van der Waals surface area (Å²) in [7, 11) is 0. The number of benzene rings is 2. The maximum Gasteiger partial charge on any atom is 0.0506 e. The highest BCUT2D eigenvalue weighted by molar-refractivity contribution is 5.89. The molecule has 2 aromatic rings. The van der Waals surface area contributed by atoms with Crippen molar-refractivity contribution in [2.45, 2.75) is 51.9 Å². The zero-order valence-electron chi connectivity index (χ0n) is 14.8. The molecule has 0 saturated heterocycles. The Morgan fingerprint density at radius 3 is 2.12 bits per heavy atom. The highest BCUT2D eigenvalue weighted by Gasteiger charge is 2.15. The fourth-order valence-corrected chi connectivity index (χ4v) is 4.33. The van der Waals surface area contributed by atoms with E-state index in [0.29, 0.717) is 0 Å². The SMILES string of the molecule is Cc1c2c(cc3cc4c(cc13)CCOCCC4)CCCOCCC2. The van der Waals surface area contributed by atoms with Crippen molar-refractivity contribution in [2.24, 2.45) is 0 Å². The fourth-order valence-electron chi connectivity index (χ4n) is 4.33. The van der Waals surface area contributed by atoms with Gasteiger partial charge in [0.05, 0.1) is 6.61 Å². The Morgan fingerprint density at radius 1 is 0.667 bits per heavy atom. The van der Waals surface area contributed by atoms with Gasteiger partial charge in [0.1, 0.15) is 0 Å². The average Bonchev–Trinajstić information content (AvgIpc) is 2.67. The van der Waals surface area contributed by atoms with Crippen molar-refractivity contribution in [3.05, 3.63) is 46.0 Å². The standard InChI is InChI=1S/C22H28O2/c1-16-21-7-4-11-23-9-3-6-19(21)14-20-13-17-5-2-10-24-12-8-18(17)15-22(16)20/h13-15H,2-12H2,1H3. The maximum atomic E-state index is 5.72. The molecule has 2 nitrogen and oxygen atoms in total. The summed E-state index contributed by atoms with van der Waals surface area (Å²) >= 11 is 0. The van der Waals surface area contributed by atoms with Crippen LogP contribution < -0.4 is 0 Å². The summed E-state index contributed by atoms with van der Waals surface area (Å²) in [5.41, 5.74) is 7.66. The summed E-state index contributed by atoms with van der Waals surface area (Å²) in [6.45, 7) is 5.89. The number of hydrogen-bond donors (Lipinski definition) is 0. The van der Waals surface area contributed by atoms with Gasteiger partial charge in [-0.2, -0.15) is 0 Å². The molecule has 0 spiro atoms. The van der Waals surface area contributed by atoms with Crippen LogP contribution in [0.4, 0.5) is 0 Å². The Kier molecular flexibility index (Phi) is 4.86. The lowest BCUT2D eigenvalue weighted by atomic mass is 9.87. The van der Waals surface area contributed by atoms with Crippen LogP contribution in [0.15, 0.2) is 18.2 Å². The van der Waals surface area contributed by atoms with Crippen molar-refractivity contribution in [1.82, 2.24) is 0 Å². The second kappa shape index (κ2) is 7.25. The summed E-state index contributed by atoms with van der Waals surface area (Å²) in [6, 6.07) is 7.39. The van der Waals surface area contributed by atoms with Crippen molar-refractivity contribution < 1.29 is 9.47 Å². The second-order valence-corrected chi connectivity index (χ2v) is 7.27. The molecule has 2 aliphatic rings. The van der Waals surface area contributed by atoms with E-state index in [2.05, 4.69) is 25.1 Å². The van der Waals surface area contributed by atoms with E-state index in [-0.39, 0.29) is 0 Å². The highest BCUT2D eigenvalue weighted by atomic mass is 16.5. The molecule has 2 heterocycles. The minimum atomic E-state index is 0.861. The predicted molar refractivity (Wildman–Crippen MR) is 99.0 cm³/mol. The second-order valence-electron chi connectivity index (χ2n) is 7.27. The normalized spacial score (nSPS) is 19.4. The average molecular weight is 324 g/mol. The molecule has 0 bridgehead atoms. The predicted octanol–water partition coefficient (Wildman–Crippen LogP) is 4.55. The quantitative estimate of drug-likeness (QED) is 0.708. The zero-order valence-corrected chi connectivity index (χ0v) is 14.8. The Hall–Kier alpha value is -1.38. The smallest absolute Gasteiger partial charge is 0.0506 e. The molecule has 24 heavy (non-hydrogen) atoms. The third-order valence-electron chi connectivity index (χ3n) is 5.65. The topological polar surface area (TPSA) is 18.5 Å². The summed E-state index contributed by atoms with van der Waals surface area (Å²) in [4.78, 5) is 0. The molecule has 2 aliphatic heterocycles. The first-order valence-corrected chi connectivity index (χ1v) is 9.55. The van der Waals surface area contributed by atoms with Gasteiger partial charge in [0.15, 0.2) is 0 Å². The van der Waals surface area contributed by atoms with Gasteiger partial charge >= 0.3 is 0 Å². The molecule has 4 rings (SSSR count). The molecule has 0 saturated carbocycles. The summed E-state index contributed by atoms with van der Waals surface area (Å²) in [6.07, 6.45) is 7.91. The van der Waals surface area contributed by atoms with Crippen LogP contribution in [0.3, 0.4) is 0 Å². The first kappa shape index (κ1) is 16.1. The monoisotopic (exact) mass is 324 g/mol. The van der Waals surface area contributed by atoms with Gasteiger partial charge in [0.2, 0.25) is 0 Å². The van der Waals surface area contributed by atoms with Crippen molar-refractivity contribution in [1.29, 1.82) is 0 Å². The minimum Gasteiger partial charge on any atom is -0.381 e. The minimum absolute atomic E-state index is 0.861. The molecular formula is C22H28O2. The van der Waals surface area contributed by atoms with Crippen LogP contribution >= 0.6 is 0 Å². The summed E-state index contributed by atoms with van der Waals surface area (Å²) < 4.78 is 11.4. The van der Waals surface area contributed by atoms with E-state index in [4.69, 9.17) is 9.47 Å². The molecule has 0 N–H and O–H groups in total. The first-order chi connectivity index (χ1) is 11.8. The number of ether oxygens (including phenoxy) is 2. The van der Waals surface area contributed by atoms with Crippen molar-refractivity contribution in [2.75, 3.05) is 26.4 Å².